The van der Waals surface area contributed by atoms with E-state index in [2.05, 4.69) is 17.1 Å². The van der Waals surface area contributed by atoms with Crippen molar-refractivity contribution < 1.29 is 4.74 Å². The lowest BCUT2D eigenvalue weighted by Gasteiger charge is -2.04. The largest absolute Gasteiger partial charge is 0.490 e. The summed E-state index contributed by atoms with van der Waals surface area (Å²) in [4.78, 5) is 0. The summed E-state index contributed by atoms with van der Waals surface area (Å²) in [6.45, 7) is 3.99. The fourth-order valence-electron chi connectivity index (χ4n) is 0.976. The lowest BCUT2D eigenvalue weighted by molar-refractivity contribution is 0.363. The molecule has 0 aromatic heterocycles. The number of nitriles is 2. The highest BCUT2D eigenvalue weighted by Crippen LogP contribution is 2.15. The maximum absolute atomic E-state index is 8.47. The molecule has 0 amide bonds. The highest BCUT2D eigenvalue weighted by molar-refractivity contribution is 6.10. The van der Waals surface area contributed by atoms with Crippen molar-refractivity contribution in [2.75, 3.05) is 12.0 Å². The van der Waals surface area contributed by atoms with Crippen LogP contribution in [0.3, 0.4) is 0 Å². The topological polar surface area (TPSA) is 81.2 Å². The zero-order valence-corrected chi connectivity index (χ0v) is 9.05. The number of rotatable bonds is 5. The van der Waals surface area contributed by atoms with Crippen LogP contribution in [-0.2, 0) is 0 Å². The van der Waals surface area contributed by atoms with Crippen LogP contribution in [-0.4, -0.2) is 12.3 Å². The SMILES string of the molecule is C=CCOc1ccc(NN=C(C#N)C#N)cc1. The molecule has 0 spiro atoms. The van der Waals surface area contributed by atoms with Gasteiger partial charge in [-0.25, -0.2) is 0 Å². The summed E-state index contributed by atoms with van der Waals surface area (Å²) in [6, 6.07) is 10.3. The molecular weight excluding hydrogens is 216 g/mol. The molecule has 5 heteroatoms. The summed E-state index contributed by atoms with van der Waals surface area (Å²) in [7, 11) is 0. The van der Waals surface area contributed by atoms with Crippen LogP contribution in [0.1, 0.15) is 0 Å². The smallest absolute Gasteiger partial charge is 0.237 e. The second kappa shape index (κ2) is 6.65. The highest BCUT2D eigenvalue weighted by Gasteiger charge is 1.95. The van der Waals surface area contributed by atoms with E-state index in [0.717, 1.165) is 0 Å². The first kappa shape index (κ1) is 12.3. The summed E-state index contributed by atoms with van der Waals surface area (Å²) < 4.78 is 5.29. The van der Waals surface area contributed by atoms with Crippen LogP contribution in [0.15, 0.2) is 42.0 Å². The van der Waals surface area contributed by atoms with Crippen molar-refractivity contribution in [3.05, 3.63) is 36.9 Å². The van der Waals surface area contributed by atoms with Crippen molar-refractivity contribution in [2.45, 2.75) is 0 Å². The van der Waals surface area contributed by atoms with Gasteiger partial charge in [0.2, 0.25) is 5.71 Å². The van der Waals surface area contributed by atoms with Gasteiger partial charge in [-0.15, -0.1) is 0 Å². The highest BCUT2D eigenvalue weighted by atomic mass is 16.5. The van der Waals surface area contributed by atoms with E-state index >= 15 is 0 Å². The van der Waals surface area contributed by atoms with Gasteiger partial charge in [0.1, 0.15) is 24.5 Å². The summed E-state index contributed by atoms with van der Waals surface area (Å²) >= 11 is 0. The van der Waals surface area contributed by atoms with Crippen LogP contribution in [0, 0.1) is 22.7 Å². The van der Waals surface area contributed by atoms with Gasteiger partial charge in [0.05, 0.1) is 5.69 Å². The Kier molecular flexibility index (Phi) is 4.80. The van der Waals surface area contributed by atoms with Crippen molar-refractivity contribution in [3.63, 3.8) is 0 Å². The molecule has 0 unspecified atom stereocenters. The first-order valence-electron chi connectivity index (χ1n) is 4.78. The van der Waals surface area contributed by atoms with Crippen molar-refractivity contribution in [2.24, 2.45) is 5.10 Å². The summed E-state index contributed by atoms with van der Waals surface area (Å²) in [5, 5.41) is 20.6. The standard InChI is InChI=1S/C12H10N4O/c1-2-7-17-12-5-3-10(4-6-12)15-16-11(8-13)9-14/h2-6,15H,1,7H2. The number of hydrazone groups is 1. The summed E-state index contributed by atoms with van der Waals surface area (Å²) in [6.07, 6.45) is 1.66. The average molecular weight is 226 g/mol. The van der Waals surface area contributed by atoms with E-state index < -0.39 is 0 Å². The molecule has 17 heavy (non-hydrogen) atoms. The van der Waals surface area contributed by atoms with Crippen molar-refractivity contribution >= 4 is 11.4 Å². The van der Waals surface area contributed by atoms with E-state index in [4.69, 9.17) is 15.3 Å². The maximum atomic E-state index is 8.47. The van der Waals surface area contributed by atoms with Crippen LogP contribution in [0.2, 0.25) is 0 Å². The maximum Gasteiger partial charge on any atom is 0.237 e. The van der Waals surface area contributed by atoms with E-state index in [-0.39, 0.29) is 5.71 Å². The van der Waals surface area contributed by atoms with E-state index in [1.165, 1.54) is 0 Å². The Morgan fingerprint density at radius 2 is 2.00 bits per heavy atom. The van der Waals surface area contributed by atoms with Crippen molar-refractivity contribution in [3.8, 4) is 17.9 Å². The second-order valence-corrected chi connectivity index (χ2v) is 2.92. The molecule has 0 bridgehead atoms. The fourth-order valence-corrected chi connectivity index (χ4v) is 0.976. The minimum atomic E-state index is -0.225. The molecule has 1 aromatic carbocycles. The second-order valence-electron chi connectivity index (χ2n) is 2.92. The third-order valence-corrected chi connectivity index (χ3v) is 1.73. The number of nitrogens with one attached hydrogen (secondary N) is 1. The molecule has 5 nitrogen and oxygen atoms in total. The van der Waals surface area contributed by atoms with Crippen molar-refractivity contribution in [1.29, 1.82) is 10.5 Å². The molecule has 1 N–H and O–H groups in total. The molecular formula is C12H10N4O. The van der Waals surface area contributed by atoms with Crippen LogP contribution < -0.4 is 10.2 Å². The Labute approximate surface area is 99.2 Å². The Bertz CT molecular complexity index is 475. The molecule has 1 aromatic rings. The van der Waals surface area contributed by atoms with Gasteiger partial charge in [-0.1, -0.05) is 12.7 Å². The number of ether oxygens (including phenoxy) is 1. The minimum Gasteiger partial charge on any atom is -0.490 e. The molecule has 0 radical (unpaired) electrons. The molecule has 0 aliphatic rings. The molecule has 0 atom stereocenters. The van der Waals surface area contributed by atoms with Crippen molar-refractivity contribution in [1.82, 2.24) is 0 Å². The molecule has 0 fully saturated rings. The van der Waals surface area contributed by atoms with Gasteiger partial charge in [0.15, 0.2) is 0 Å². The average Bonchev–Trinajstić information content (AvgIpc) is 2.39. The van der Waals surface area contributed by atoms with E-state index in [1.54, 1.807) is 42.5 Å². The van der Waals surface area contributed by atoms with Crippen LogP contribution in [0.5, 0.6) is 5.75 Å². The van der Waals surface area contributed by atoms with E-state index in [9.17, 15) is 0 Å². The Morgan fingerprint density at radius 3 is 2.53 bits per heavy atom. The zero-order chi connectivity index (χ0) is 12.5. The Balaban J connectivity index is 2.63. The normalized spacial score (nSPS) is 8.35. The zero-order valence-electron chi connectivity index (χ0n) is 9.05. The van der Waals surface area contributed by atoms with E-state index in [0.29, 0.717) is 18.0 Å². The molecule has 0 aliphatic heterocycles. The number of benzene rings is 1. The van der Waals surface area contributed by atoms with Gasteiger partial charge in [-0.05, 0) is 24.3 Å². The monoisotopic (exact) mass is 226 g/mol. The van der Waals surface area contributed by atoms with Gasteiger partial charge in [-0.2, -0.15) is 15.6 Å². The predicted octanol–water partition coefficient (Wildman–Crippen LogP) is 2.07. The molecule has 0 saturated carbocycles. The number of hydrogen-bond acceptors (Lipinski definition) is 5. The molecule has 0 saturated heterocycles. The third kappa shape index (κ3) is 4.06. The fraction of sp³-hybridized carbons (Fsp3) is 0.0833. The minimum absolute atomic E-state index is 0.225. The lowest BCUT2D eigenvalue weighted by atomic mass is 10.3. The van der Waals surface area contributed by atoms with Gasteiger partial charge in [0.25, 0.3) is 0 Å². The van der Waals surface area contributed by atoms with E-state index in [1.807, 2.05) is 0 Å². The third-order valence-electron chi connectivity index (χ3n) is 1.73. The van der Waals surface area contributed by atoms with Gasteiger partial charge >= 0.3 is 0 Å². The van der Waals surface area contributed by atoms with Gasteiger partial charge < -0.3 is 4.74 Å². The van der Waals surface area contributed by atoms with Crippen LogP contribution in [0.4, 0.5) is 5.69 Å². The number of hydrogen-bond donors (Lipinski definition) is 1. The Morgan fingerprint density at radius 1 is 1.35 bits per heavy atom. The Hall–Kier alpha value is -2.79. The molecule has 0 heterocycles. The molecule has 84 valence electrons. The van der Waals surface area contributed by atoms with Crippen LogP contribution in [0.25, 0.3) is 0 Å². The van der Waals surface area contributed by atoms with Crippen LogP contribution >= 0.6 is 0 Å². The lowest BCUT2D eigenvalue weighted by Crippen LogP contribution is -1.97. The first-order valence-corrected chi connectivity index (χ1v) is 4.78. The van der Waals surface area contributed by atoms with Gasteiger partial charge in [-0.3, -0.25) is 5.43 Å². The molecule has 1 rings (SSSR count). The number of nitrogens with zero attached hydrogens (tertiary/aromatic N) is 3. The summed E-state index contributed by atoms with van der Waals surface area (Å²) in [5.41, 5.74) is 3.04. The number of anilines is 1. The first-order chi connectivity index (χ1) is 8.30. The predicted molar refractivity (Wildman–Crippen MR) is 64.4 cm³/mol. The summed E-state index contributed by atoms with van der Waals surface area (Å²) in [5.74, 6) is 0.709. The molecule has 0 aliphatic carbocycles. The quantitative estimate of drug-likeness (QED) is 0.473. The van der Waals surface area contributed by atoms with Gasteiger partial charge in [0, 0.05) is 0 Å².